The lowest BCUT2D eigenvalue weighted by molar-refractivity contribution is -0.154. The van der Waals surface area contributed by atoms with E-state index in [4.69, 9.17) is 10.1 Å². The Hall–Kier alpha value is -4.21. The Morgan fingerprint density at radius 2 is 2.00 bits per heavy atom. The first-order valence-corrected chi connectivity index (χ1v) is 10.2. The third-order valence-electron chi connectivity index (χ3n) is 5.04. The molecule has 0 saturated carbocycles. The van der Waals surface area contributed by atoms with Crippen LogP contribution in [0.25, 0.3) is 27.7 Å². The van der Waals surface area contributed by atoms with Crippen LogP contribution in [0.5, 0.6) is 5.88 Å². The number of allylic oxidation sites excluding steroid dienone is 5. The van der Waals surface area contributed by atoms with Gasteiger partial charge < -0.3 is 15.5 Å². The molecule has 0 fully saturated rings. The van der Waals surface area contributed by atoms with Crippen molar-refractivity contribution in [3.05, 3.63) is 82.7 Å². The molecule has 3 aromatic rings. The van der Waals surface area contributed by atoms with Crippen molar-refractivity contribution in [2.75, 3.05) is 13.7 Å². The van der Waals surface area contributed by atoms with Gasteiger partial charge >= 0.3 is 6.18 Å². The number of nitrogens with one attached hydrogen (secondary N) is 2. The smallest absolute Gasteiger partial charge is 0.422 e. The van der Waals surface area contributed by atoms with Gasteiger partial charge in [0.2, 0.25) is 5.88 Å². The van der Waals surface area contributed by atoms with Gasteiger partial charge in [-0.25, -0.2) is 4.98 Å². The highest BCUT2D eigenvalue weighted by molar-refractivity contribution is 6.12. The SMILES string of the molecule is CN/C=C1/C=C(n2cc3ccc(OCC(F)(F)F)nc3c(-c3ccc(C)nc3)c2=O)C=CC1=N. The van der Waals surface area contributed by atoms with Gasteiger partial charge in [-0.1, -0.05) is 6.07 Å². The zero-order valence-corrected chi connectivity index (χ0v) is 18.3. The second kappa shape index (κ2) is 8.97. The number of hydrogen-bond acceptors (Lipinski definition) is 6. The minimum atomic E-state index is -4.52. The lowest BCUT2D eigenvalue weighted by Crippen LogP contribution is -2.23. The number of pyridine rings is 3. The molecule has 3 heterocycles. The Bertz CT molecular complexity index is 1420. The van der Waals surface area contributed by atoms with Crippen molar-refractivity contribution >= 4 is 22.3 Å². The van der Waals surface area contributed by atoms with Gasteiger partial charge in [0, 0.05) is 59.6 Å². The summed E-state index contributed by atoms with van der Waals surface area (Å²) in [5, 5.41) is 11.4. The third-order valence-corrected chi connectivity index (χ3v) is 5.04. The Morgan fingerprint density at radius 3 is 2.68 bits per heavy atom. The molecule has 34 heavy (non-hydrogen) atoms. The van der Waals surface area contributed by atoms with Gasteiger partial charge in [-0.3, -0.25) is 14.3 Å². The largest absolute Gasteiger partial charge is 0.468 e. The van der Waals surface area contributed by atoms with E-state index in [-0.39, 0.29) is 22.7 Å². The second-order valence-electron chi connectivity index (χ2n) is 7.56. The van der Waals surface area contributed by atoms with E-state index in [1.807, 2.05) is 0 Å². The number of nitrogens with zero attached hydrogens (tertiary/aromatic N) is 3. The van der Waals surface area contributed by atoms with E-state index in [1.54, 1.807) is 62.8 Å². The quantitative estimate of drug-likeness (QED) is 0.586. The molecule has 0 bridgehead atoms. The Labute approximate surface area is 192 Å². The molecule has 0 aromatic carbocycles. The van der Waals surface area contributed by atoms with Gasteiger partial charge in [0.25, 0.3) is 5.56 Å². The number of aromatic nitrogens is 3. The highest BCUT2D eigenvalue weighted by Crippen LogP contribution is 2.28. The van der Waals surface area contributed by atoms with Crippen molar-refractivity contribution < 1.29 is 17.9 Å². The van der Waals surface area contributed by atoms with Crippen molar-refractivity contribution in [2.45, 2.75) is 13.1 Å². The van der Waals surface area contributed by atoms with Crippen LogP contribution in [0.1, 0.15) is 5.69 Å². The van der Waals surface area contributed by atoms with Crippen LogP contribution in [0.15, 0.2) is 71.5 Å². The standard InChI is InChI=1S/C24H20F3N5O2/c1-14-3-4-15(11-30-14)21-22-16(5-8-20(31-22)34-13-24(25,26)27)12-32(23(21)33)18-6-7-19(28)17(9-18)10-29-2/h3-12,28-29H,13H2,1-2H3/b17-10-,28-19?. The van der Waals surface area contributed by atoms with Crippen LogP contribution in [0.2, 0.25) is 0 Å². The fourth-order valence-corrected chi connectivity index (χ4v) is 3.45. The Balaban J connectivity index is 1.94. The number of halogens is 3. The minimum Gasteiger partial charge on any atom is -0.468 e. The van der Waals surface area contributed by atoms with E-state index in [2.05, 4.69) is 15.3 Å². The van der Waals surface area contributed by atoms with Gasteiger partial charge in [-0.05, 0) is 37.3 Å². The highest BCUT2D eigenvalue weighted by Gasteiger charge is 2.29. The molecular formula is C24H20F3N5O2. The van der Waals surface area contributed by atoms with E-state index in [0.29, 0.717) is 22.2 Å². The number of aryl methyl sites for hydroxylation is 1. The van der Waals surface area contributed by atoms with Crippen LogP contribution in [-0.4, -0.2) is 40.1 Å². The molecule has 0 radical (unpaired) electrons. The van der Waals surface area contributed by atoms with Gasteiger partial charge in [-0.2, -0.15) is 13.2 Å². The van der Waals surface area contributed by atoms with Crippen molar-refractivity contribution in [3.8, 4) is 17.0 Å². The van der Waals surface area contributed by atoms with Gasteiger partial charge in [0.1, 0.15) is 0 Å². The summed E-state index contributed by atoms with van der Waals surface area (Å²) in [5.74, 6) is -0.243. The zero-order chi connectivity index (χ0) is 24.5. The maximum atomic E-state index is 13.7. The summed E-state index contributed by atoms with van der Waals surface area (Å²) in [6, 6.07) is 6.32. The van der Waals surface area contributed by atoms with Crippen molar-refractivity contribution in [1.29, 1.82) is 5.41 Å². The van der Waals surface area contributed by atoms with Crippen LogP contribution in [0.4, 0.5) is 13.2 Å². The summed E-state index contributed by atoms with van der Waals surface area (Å²) in [6.45, 7) is 0.308. The molecule has 174 valence electrons. The zero-order valence-electron chi connectivity index (χ0n) is 18.3. The molecule has 3 aromatic heterocycles. The Morgan fingerprint density at radius 1 is 1.21 bits per heavy atom. The fraction of sp³-hybridized carbons (Fsp3) is 0.167. The predicted octanol–water partition coefficient (Wildman–Crippen LogP) is 4.24. The van der Waals surface area contributed by atoms with E-state index in [1.165, 1.54) is 16.8 Å². The average Bonchev–Trinajstić information content (AvgIpc) is 2.79. The third kappa shape index (κ3) is 4.75. The molecule has 0 saturated heterocycles. The van der Waals surface area contributed by atoms with E-state index < -0.39 is 18.3 Å². The van der Waals surface area contributed by atoms with Crippen molar-refractivity contribution in [2.24, 2.45) is 0 Å². The topological polar surface area (TPSA) is 92.9 Å². The second-order valence-corrected chi connectivity index (χ2v) is 7.56. The molecule has 4 rings (SSSR count). The Kier molecular flexibility index (Phi) is 6.06. The van der Waals surface area contributed by atoms with Crippen LogP contribution in [0, 0.1) is 12.3 Å². The molecule has 7 nitrogen and oxygen atoms in total. The first-order chi connectivity index (χ1) is 16.2. The first kappa shape index (κ1) is 23.0. The summed E-state index contributed by atoms with van der Waals surface area (Å²) in [5.41, 5.74) is 2.53. The first-order valence-electron chi connectivity index (χ1n) is 10.2. The molecule has 0 spiro atoms. The van der Waals surface area contributed by atoms with Crippen molar-refractivity contribution in [3.63, 3.8) is 0 Å². The molecule has 10 heteroatoms. The summed E-state index contributed by atoms with van der Waals surface area (Å²) >= 11 is 0. The number of alkyl halides is 3. The van der Waals surface area contributed by atoms with Gasteiger partial charge in [-0.15, -0.1) is 0 Å². The molecule has 2 N–H and O–H groups in total. The molecule has 0 atom stereocenters. The van der Waals surface area contributed by atoms with Crippen LogP contribution >= 0.6 is 0 Å². The molecule has 1 aliphatic rings. The lowest BCUT2D eigenvalue weighted by Gasteiger charge is -2.16. The average molecular weight is 467 g/mol. The number of fused-ring (bicyclic) bond motifs is 1. The van der Waals surface area contributed by atoms with E-state index in [9.17, 15) is 18.0 Å². The summed E-state index contributed by atoms with van der Waals surface area (Å²) in [4.78, 5) is 22.1. The summed E-state index contributed by atoms with van der Waals surface area (Å²) < 4.78 is 44.1. The summed E-state index contributed by atoms with van der Waals surface area (Å²) in [6.07, 6.45) is 5.13. The molecule has 0 aliphatic heterocycles. The lowest BCUT2D eigenvalue weighted by atomic mass is 10.0. The maximum absolute atomic E-state index is 13.7. The van der Waals surface area contributed by atoms with Crippen LogP contribution in [-0.2, 0) is 0 Å². The molecule has 0 amide bonds. The van der Waals surface area contributed by atoms with E-state index >= 15 is 0 Å². The van der Waals surface area contributed by atoms with Gasteiger partial charge in [0.15, 0.2) is 6.61 Å². The number of rotatable bonds is 5. The highest BCUT2D eigenvalue weighted by atomic mass is 19.4. The van der Waals surface area contributed by atoms with Crippen LogP contribution in [0.3, 0.4) is 0 Å². The monoisotopic (exact) mass is 467 g/mol. The van der Waals surface area contributed by atoms with Crippen LogP contribution < -0.4 is 15.6 Å². The number of ether oxygens (including phenoxy) is 1. The summed E-state index contributed by atoms with van der Waals surface area (Å²) in [7, 11) is 1.71. The maximum Gasteiger partial charge on any atom is 0.422 e. The molecule has 1 aliphatic carbocycles. The minimum absolute atomic E-state index is 0.177. The number of hydrogen-bond donors (Lipinski definition) is 2. The predicted molar refractivity (Wildman–Crippen MR) is 124 cm³/mol. The van der Waals surface area contributed by atoms with Crippen molar-refractivity contribution in [1.82, 2.24) is 19.9 Å². The molecule has 0 unspecified atom stereocenters. The molecular weight excluding hydrogens is 447 g/mol. The fourth-order valence-electron chi connectivity index (χ4n) is 3.45. The van der Waals surface area contributed by atoms with E-state index in [0.717, 1.165) is 5.69 Å². The van der Waals surface area contributed by atoms with Gasteiger partial charge in [0.05, 0.1) is 16.8 Å². The normalized spacial score (nSPS) is 15.0.